The number of pyridine rings is 1. The Balaban J connectivity index is 1.70. The van der Waals surface area contributed by atoms with Gasteiger partial charge in [0, 0.05) is 24.5 Å². The van der Waals surface area contributed by atoms with Crippen LogP contribution in [0.5, 0.6) is 0 Å². The van der Waals surface area contributed by atoms with Gasteiger partial charge in [0.25, 0.3) is 11.8 Å². The normalized spacial score (nSPS) is 14.5. The maximum absolute atomic E-state index is 14.6. The predicted octanol–water partition coefficient (Wildman–Crippen LogP) is 4.46. The van der Waals surface area contributed by atoms with Crippen LogP contribution in [0, 0.1) is 5.82 Å². The molecule has 1 aliphatic heterocycles. The lowest BCUT2D eigenvalue weighted by molar-refractivity contribution is -0.112. The molecule has 3 rings (SSSR count). The molecule has 8 heteroatoms. The topological polar surface area (TPSA) is 74.3 Å². The highest BCUT2D eigenvalue weighted by molar-refractivity contribution is 6.30. The van der Waals surface area contributed by atoms with Gasteiger partial charge in [-0.3, -0.25) is 14.5 Å². The van der Waals surface area contributed by atoms with Crippen molar-refractivity contribution in [2.45, 2.75) is 19.4 Å². The Morgan fingerprint density at radius 1 is 1.22 bits per heavy atom. The molecule has 0 atom stereocenters. The largest absolute Gasteiger partial charge is 0.322 e. The number of carbonyl (C=O) groups excluding carboxylic acids is 2. The first-order chi connectivity index (χ1) is 15.4. The first-order valence-electron chi connectivity index (χ1n) is 10.2. The molecule has 32 heavy (non-hydrogen) atoms. The monoisotopic (exact) mass is 454 g/mol. The van der Waals surface area contributed by atoms with Gasteiger partial charge in [0.1, 0.15) is 11.6 Å². The Morgan fingerprint density at radius 3 is 2.66 bits per heavy atom. The third kappa shape index (κ3) is 6.87. The van der Waals surface area contributed by atoms with E-state index in [2.05, 4.69) is 27.1 Å². The lowest BCUT2D eigenvalue weighted by Gasteiger charge is -2.15. The summed E-state index contributed by atoms with van der Waals surface area (Å²) in [4.78, 5) is 31.2. The smallest absolute Gasteiger partial charge is 0.258 e. The molecule has 1 aromatic carbocycles. The molecule has 0 radical (unpaired) electrons. The van der Waals surface area contributed by atoms with Gasteiger partial charge in [-0.2, -0.15) is 0 Å². The van der Waals surface area contributed by atoms with Crippen LogP contribution < -0.4 is 10.6 Å². The number of anilines is 1. The molecule has 2 aromatic rings. The highest BCUT2D eigenvalue weighted by Crippen LogP contribution is 2.16. The molecule has 1 aliphatic rings. The van der Waals surface area contributed by atoms with Crippen molar-refractivity contribution in [3.8, 4) is 0 Å². The van der Waals surface area contributed by atoms with Gasteiger partial charge in [-0.1, -0.05) is 36.4 Å². The van der Waals surface area contributed by atoms with E-state index in [1.807, 2.05) is 0 Å². The van der Waals surface area contributed by atoms with Crippen LogP contribution in [0.2, 0.25) is 5.02 Å². The fraction of sp³-hybridized carbons (Fsp3) is 0.208. The van der Waals surface area contributed by atoms with E-state index in [4.69, 9.17) is 11.6 Å². The van der Waals surface area contributed by atoms with E-state index in [1.54, 1.807) is 24.3 Å². The van der Waals surface area contributed by atoms with E-state index in [0.717, 1.165) is 31.5 Å². The quantitative estimate of drug-likeness (QED) is 0.456. The second kappa shape index (κ2) is 11.4. The number of nitrogens with one attached hydrogen (secondary N) is 2. The second-order valence-electron chi connectivity index (χ2n) is 7.30. The molecule has 0 bridgehead atoms. The summed E-state index contributed by atoms with van der Waals surface area (Å²) < 4.78 is 14.6. The van der Waals surface area contributed by atoms with E-state index >= 15 is 0 Å². The van der Waals surface area contributed by atoms with Crippen molar-refractivity contribution in [1.82, 2.24) is 15.2 Å². The van der Waals surface area contributed by atoms with Crippen LogP contribution in [0.1, 0.15) is 28.8 Å². The summed E-state index contributed by atoms with van der Waals surface area (Å²) in [5.41, 5.74) is 0.882. The number of amides is 2. The fourth-order valence-electron chi connectivity index (χ4n) is 3.29. The first-order valence-corrected chi connectivity index (χ1v) is 10.6. The number of aromatic nitrogens is 1. The minimum atomic E-state index is -0.660. The van der Waals surface area contributed by atoms with Crippen LogP contribution in [-0.2, 0) is 11.3 Å². The molecule has 0 aliphatic carbocycles. The maximum Gasteiger partial charge on any atom is 0.258 e. The van der Waals surface area contributed by atoms with Gasteiger partial charge in [-0.05, 0) is 61.8 Å². The van der Waals surface area contributed by atoms with Crippen LogP contribution in [0.3, 0.4) is 0 Å². The fourth-order valence-corrected chi connectivity index (χ4v) is 3.40. The van der Waals surface area contributed by atoms with Gasteiger partial charge in [0.05, 0.1) is 10.6 Å². The number of allylic oxidation sites excluding steroid dienone is 3. The Bertz CT molecular complexity index is 1040. The Labute approximate surface area is 191 Å². The summed E-state index contributed by atoms with van der Waals surface area (Å²) >= 11 is 5.78. The van der Waals surface area contributed by atoms with Gasteiger partial charge >= 0.3 is 0 Å². The Kier molecular flexibility index (Phi) is 8.30. The zero-order valence-corrected chi connectivity index (χ0v) is 18.2. The number of hydrogen-bond donors (Lipinski definition) is 2. The average molecular weight is 455 g/mol. The van der Waals surface area contributed by atoms with E-state index < -0.39 is 17.6 Å². The summed E-state index contributed by atoms with van der Waals surface area (Å²) in [7, 11) is 0. The first kappa shape index (κ1) is 23.4. The van der Waals surface area contributed by atoms with Crippen molar-refractivity contribution in [2.24, 2.45) is 0 Å². The number of rotatable bonds is 8. The number of likely N-dealkylation sites (tertiary alicyclic amines) is 1. The van der Waals surface area contributed by atoms with Crippen LogP contribution in [-0.4, -0.2) is 34.8 Å². The van der Waals surface area contributed by atoms with Gasteiger partial charge < -0.3 is 10.6 Å². The van der Waals surface area contributed by atoms with Crippen molar-refractivity contribution >= 4 is 29.2 Å². The van der Waals surface area contributed by atoms with E-state index in [0.29, 0.717) is 17.4 Å². The molecule has 1 aromatic heterocycles. The highest BCUT2D eigenvalue weighted by atomic mass is 35.5. The third-order valence-corrected chi connectivity index (χ3v) is 5.04. The SMILES string of the molecule is C=C/C=C\C(=C\C(=O)Nc1ccc(Cl)cn1)NC(=O)c1ccc(CN2CCCC2)cc1F. The molecule has 1 fully saturated rings. The summed E-state index contributed by atoms with van der Waals surface area (Å²) in [5.74, 6) is -1.49. The molecule has 166 valence electrons. The van der Waals surface area contributed by atoms with Crippen molar-refractivity contribution in [3.63, 3.8) is 0 Å². The summed E-state index contributed by atoms with van der Waals surface area (Å²) in [6, 6.07) is 7.73. The summed E-state index contributed by atoms with van der Waals surface area (Å²) in [6.45, 7) is 6.24. The Morgan fingerprint density at radius 2 is 2.00 bits per heavy atom. The Hall–Kier alpha value is -3.29. The van der Waals surface area contributed by atoms with E-state index in [-0.39, 0.29) is 11.3 Å². The average Bonchev–Trinajstić information content (AvgIpc) is 3.26. The predicted molar refractivity (Wildman–Crippen MR) is 124 cm³/mol. The maximum atomic E-state index is 14.6. The number of benzene rings is 1. The minimum absolute atomic E-state index is 0.104. The van der Waals surface area contributed by atoms with Crippen LogP contribution in [0.15, 0.2) is 73.1 Å². The number of carbonyl (C=O) groups is 2. The molecule has 0 unspecified atom stereocenters. The van der Waals surface area contributed by atoms with Crippen molar-refractivity contribution < 1.29 is 14.0 Å². The molecule has 0 spiro atoms. The number of halogens is 2. The lowest BCUT2D eigenvalue weighted by Crippen LogP contribution is -2.25. The van der Waals surface area contributed by atoms with Crippen LogP contribution in [0.4, 0.5) is 10.2 Å². The standard InChI is InChI=1S/C24H24ClFN4O2/c1-2-3-6-19(14-23(31)29-22-10-8-18(25)15-27-22)28-24(32)20-9-7-17(13-21(20)26)16-30-11-4-5-12-30/h2-3,6-10,13-15H,1,4-5,11-12,16H2,(H,28,32)(H,27,29,31)/b6-3-,19-14-. The second-order valence-corrected chi connectivity index (χ2v) is 7.73. The molecule has 1 saturated heterocycles. The molecular formula is C24H24ClFN4O2. The van der Waals surface area contributed by atoms with Crippen molar-refractivity contribution in [3.05, 3.63) is 95.1 Å². The zero-order valence-electron chi connectivity index (χ0n) is 17.5. The molecule has 2 N–H and O–H groups in total. The molecule has 2 amide bonds. The highest BCUT2D eigenvalue weighted by Gasteiger charge is 2.16. The van der Waals surface area contributed by atoms with Gasteiger partial charge in [0.15, 0.2) is 0 Å². The molecule has 0 saturated carbocycles. The van der Waals surface area contributed by atoms with Crippen molar-refractivity contribution in [2.75, 3.05) is 18.4 Å². The third-order valence-electron chi connectivity index (χ3n) is 4.82. The van der Waals surface area contributed by atoms with Gasteiger partial charge in [0.2, 0.25) is 0 Å². The van der Waals surface area contributed by atoms with E-state index in [1.165, 1.54) is 36.6 Å². The number of nitrogens with zero attached hydrogens (tertiary/aromatic N) is 2. The van der Waals surface area contributed by atoms with Gasteiger partial charge in [-0.25, -0.2) is 9.37 Å². The summed E-state index contributed by atoms with van der Waals surface area (Å²) in [5, 5.41) is 5.57. The zero-order chi connectivity index (χ0) is 22.9. The van der Waals surface area contributed by atoms with Crippen LogP contribution >= 0.6 is 11.6 Å². The minimum Gasteiger partial charge on any atom is -0.322 e. The molecular weight excluding hydrogens is 431 g/mol. The van der Waals surface area contributed by atoms with Gasteiger partial charge in [-0.15, -0.1) is 0 Å². The van der Waals surface area contributed by atoms with Crippen LogP contribution in [0.25, 0.3) is 0 Å². The molecule has 6 nitrogen and oxygen atoms in total. The number of hydrogen-bond acceptors (Lipinski definition) is 4. The molecule has 2 heterocycles. The van der Waals surface area contributed by atoms with Crippen molar-refractivity contribution in [1.29, 1.82) is 0 Å². The lowest BCUT2D eigenvalue weighted by atomic mass is 10.1. The van der Waals surface area contributed by atoms with E-state index in [9.17, 15) is 14.0 Å². The summed E-state index contributed by atoms with van der Waals surface area (Å²) in [6.07, 6.45) is 9.41.